The summed E-state index contributed by atoms with van der Waals surface area (Å²) in [6.45, 7) is 1.93. The van der Waals surface area contributed by atoms with E-state index < -0.39 is 0 Å². The summed E-state index contributed by atoms with van der Waals surface area (Å²) in [5, 5.41) is 6.38. The monoisotopic (exact) mass is 249 g/mol. The van der Waals surface area contributed by atoms with Crippen molar-refractivity contribution < 1.29 is 9.32 Å². The van der Waals surface area contributed by atoms with Crippen LogP contribution >= 0.6 is 12.6 Å². The van der Waals surface area contributed by atoms with E-state index >= 15 is 0 Å². The summed E-state index contributed by atoms with van der Waals surface area (Å²) < 4.78 is 4.80. The molecule has 0 aliphatic rings. The molecule has 88 valence electrons. The molecule has 1 heterocycles. The highest BCUT2D eigenvalue weighted by atomic mass is 32.1. The highest BCUT2D eigenvalue weighted by Crippen LogP contribution is 2.12. The van der Waals surface area contributed by atoms with E-state index in [4.69, 9.17) is 4.52 Å². The van der Waals surface area contributed by atoms with Crippen LogP contribution < -0.4 is 5.32 Å². The fraction of sp³-hybridized carbons (Fsp3) is 0.182. The van der Waals surface area contributed by atoms with Crippen molar-refractivity contribution in [3.05, 3.63) is 41.5 Å². The Kier molecular flexibility index (Phi) is 3.43. The minimum atomic E-state index is -0.210. The molecular weight excluding hydrogens is 238 g/mol. The summed E-state index contributed by atoms with van der Waals surface area (Å²) in [7, 11) is 0. The van der Waals surface area contributed by atoms with Crippen LogP contribution in [0.5, 0.6) is 0 Å². The minimum Gasteiger partial charge on any atom is -0.345 e. The molecule has 0 fully saturated rings. The summed E-state index contributed by atoms with van der Waals surface area (Å²) >= 11 is 4.21. The van der Waals surface area contributed by atoms with E-state index in [1.807, 2.05) is 6.07 Å². The zero-order chi connectivity index (χ0) is 12.3. The standard InChI is InChI=1S/C11H11N3O2S/c1-7-13-10(14-16-7)6-12-11(15)8-4-2-3-5-9(8)17/h2-5,17H,6H2,1H3,(H,12,15). The van der Waals surface area contributed by atoms with E-state index in [-0.39, 0.29) is 12.5 Å². The molecule has 17 heavy (non-hydrogen) atoms. The molecule has 0 aliphatic carbocycles. The van der Waals surface area contributed by atoms with E-state index in [2.05, 4.69) is 28.1 Å². The van der Waals surface area contributed by atoms with Crippen molar-refractivity contribution in [2.45, 2.75) is 18.4 Å². The maximum Gasteiger partial charge on any atom is 0.252 e. The van der Waals surface area contributed by atoms with Gasteiger partial charge in [-0.05, 0) is 12.1 Å². The number of carbonyl (C=O) groups excluding carboxylic acids is 1. The van der Waals surface area contributed by atoms with Gasteiger partial charge in [-0.3, -0.25) is 4.79 Å². The largest absolute Gasteiger partial charge is 0.345 e. The number of thiol groups is 1. The van der Waals surface area contributed by atoms with Gasteiger partial charge in [-0.15, -0.1) is 12.6 Å². The average Bonchev–Trinajstić information content (AvgIpc) is 2.73. The fourth-order valence-corrected chi connectivity index (χ4v) is 1.60. The summed E-state index contributed by atoms with van der Waals surface area (Å²) in [4.78, 5) is 16.4. The molecule has 5 nitrogen and oxygen atoms in total. The Morgan fingerprint density at radius 3 is 2.88 bits per heavy atom. The van der Waals surface area contributed by atoms with Crippen LogP contribution in [-0.4, -0.2) is 16.0 Å². The van der Waals surface area contributed by atoms with Crippen LogP contribution in [-0.2, 0) is 6.54 Å². The number of hydrogen-bond donors (Lipinski definition) is 2. The van der Waals surface area contributed by atoms with Gasteiger partial charge in [0.15, 0.2) is 5.82 Å². The highest BCUT2D eigenvalue weighted by Gasteiger charge is 2.09. The lowest BCUT2D eigenvalue weighted by molar-refractivity contribution is 0.0947. The van der Waals surface area contributed by atoms with Crippen molar-refractivity contribution in [1.82, 2.24) is 15.5 Å². The van der Waals surface area contributed by atoms with Gasteiger partial charge in [0.2, 0.25) is 5.89 Å². The molecule has 2 rings (SSSR count). The number of nitrogens with zero attached hydrogens (tertiary/aromatic N) is 2. The first-order chi connectivity index (χ1) is 8.16. The highest BCUT2D eigenvalue weighted by molar-refractivity contribution is 7.80. The van der Waals surface area contributed by atoms with E-state index in [0.29, 0.717) is 22.2 Å². The van der Waals surface area contributed by atoms with Crippen molar-refractivity contribution >= 4 is 18.5 Å². The van der Waals surface area contributed by atoms with E-state index in [1.54, 1.807) is 25.1 Å². The minimum absolute atomic E-state index is 0.210. The van der Waals surface area contributed by atoms with Gasteiger partial charge in [-0.25, -0.2) is 0 Å². The lowest BCUT2D eigenvalue weighted by Crippen LogP contribution is -2.23. The van der Waals surface area contributed by atoms with Crippen molar-refractivity contribution in [1.29, 1.82) is 0 Å². The molecule has 1 aromatic carbocycles. The molecule has 6 heteroatoms. The van der Waals surface area contributed by atoms with Gasteiger partial charge in [-0.1, -0.05) is 17.3 Å². The van der Waals surface area contributed by atoms with Crippen LogP contribution in [0.15, 0.2) is 33.7 Å². The normalized spacial score (nSPS) is 10.2. The molecule has 0 unspecified atom stereocenters. The molecular formula is C11H11N3O2S. The lowest BCUT2D eigenvalue weighted by Gasteiger charge is -2.04. The summed E-state index contributed by atoms with van der Waals surface area (Å²) in [6.07, 6.45) is 0. The molecule has 0 radical (unpaired) electrons. The van der Waals surface area contributed by atoms with Gasteiger partial charge >= 0.3 is 0 Å². The molecule has 1 N–H and O–H groups in total. The topological polar surface area (TPSA) is 68.0 Å². The predicted octanol–water partition coefficient (Wildman–Crippen LogP) is 1.60. The summed E-state index contributed by atoms with van der Waals surface area (Å²) in [5.74, 6) is 0.717. The van der Waals surface area contributed by atoms with Gasteiger partial charge in [0, 0.05) is 11.8 Å². The van der Waals surface area contributed by atoms with Crippen molar-refractivity contribution in [2.75, 3.05) is 0 Å². The maximum atomic E-state index is 11.8. The number of aryl methyl sites for hydroxylation is 1. The first-order valence-electron chi connectivity index (χ1n) is 5.02. The number of amides is 1. The Bertz CT molecular complexity index is 539. The van der Waals surface area contributed by atoms with Crippen molar-refractivity contribution in [3.8, 4) is 0 Å². The number of nitrogens with one attached hydrogen (secondary N) is 1. The smallest absolute Gasteiger partial charge is 0.252 e. The number of carbonyl (C=O) groups is 1. The number of aromatic nitrogens is 2. The van der Waals surface area contributed by atoms with Crippen molar-refractivity contribution in [2.24, 2.45) is 0 Å². The lowest BCUT2D eigenvalue weighted by atomic mass is 10.2. The third-order valence-corrected chi connectivity index (χ3v) is 2.52. The summed E-state index contributed by atoms with van der Waals surface area (Å²) in [5.41, 5.74) is 0.524. The molecule has 0 saturated heterocycles. The Balaban J connectivity index is 2.01. The van der Waals surface area contributed by atoms with E-state index in [0.717, 1.165) is 0 Å². The molecule has 0 saturated carbocycles. The van der Waals surface area contributed by atoms with Crippen LogP contribution in [0, 0.1) is 6.92 Å². The Labute approximate surface area is 104 Å². The third kappa shape index (κ3) is 2.85. The molecule has 0 aliphatic heterocycles. The van der Waals surface area contributed by atoms with Crippen LogP contribution in [0.3, 0.4) is 0 Å². The molecule has 0 bridgehead atoms. The Morgan fingerprint density at radius 1 is 1.47 bits per heavy atom. The van der Waals surface area contributed by atoms with Gasteiger partial charge < -0.3 is 9.84 Å². The Morgan fingerprint density at radius 2 is 2.24 bits per heavy atom. The van der Waals surface area contributed by atoms with Crippen LogP contribution in [0.25, 0.3) is 0 Å². The predicted molar refractivity (Wildman–Crippen MR) is 63.9 cm³/mol. The molecule has 1 amide bonds. The van der Waals surface area contributed by atoms with E-state index in [9.17, 15) is 4.79 Å². The van der Waals surface area contributed by atoms with Crippen LogP contribution in [0.2, 0.25) is 0 Å². The molecule has 0 atom stereocenters. The van der Waals surface area contributed by atoms with Gasteiger partial charge in [0.25, 0.3) is 5.91 Å². The zero-order valence-electron chi connectivity index (χ0n) is 9.17. The second-order valence-corrected chi connectivity index (χ2v) is 3.91. The first-order valence-corrected chi connectivity index (χ1v) is 5.47. The number of rotatable bonds is 3. The number of hydrogen-bond acceptors (Lipinski definition) is 5. The average molecular weight is 249 g/mol. The maximum absolute atomic E-state index is 11.8. The van der Waals surface area contributed by atoms with Crippen molar-refractivity contribution in [3.63, 3.8) is 0 Å². The summed E-state index contributed by atoms with van der Waals surface area (Å²) in [6, 6.07) is 7.07. The second kappa shape index (κ2) is 5.01. The quantitative estimate of drug-likeness (QED) is 0.811. The second-order valence-electron chi connectivity index (χ2n) is 3.43. The van der Waals surface area contributed by atoms with Gasteiger partial charge in [0.1, 0.15) is 0 Å². The molecule has 0 spiro atoms. The van der Waals surface area contributed by atoms with Crippen LogP contribution in [0.1, 0.15) is 22.1 Å². The molecule has 1 aromatic heterocycles. The van der Waals surface area contributed by atoms with Gasteiger partial charge in [-0.2, -0.15) is 4.98 Å². The van der Waals surface area contributed by atoms with Gasteiger partial charge in [0.05, 0.1) is 12.1 Å². The van der Waals surface area contributed by atoms with E-state index in [1.165, 1.54) is 0 Å². The van der Waals surface area contributed by atoms with Crippen LogP contribution in [0.4, 0.5) is 0 Å². The first kappa shape index (κ1) is 11.7. The third-order valence-electron chi connectivity index (χ3n) is 2.13. The number of benzene rings is 1. The zero-order valence-corrected chi connectivity index (χ0v) is 10.1. The fourth-order valence-electron chi connectivity index (χ4n) is 1.33. The SMILES string of the molecule is Cc1nc(CNC(=O)c2ccccc2S)no1. The Hall–Kier alpha value is -1.82. The molecule has 2 aromatic rings.